The minimum atomic E-state index is -0.948. The van der Waals surface area contributed by atoms with Crippen molar-refractivity contribution in [1.82, 2.24) is 5.48 Å². The zero-order valence-corrected chi connectivity index (χ0v) is 19.8. The van der Waals surface area contributed by atoms with Gasteiger partial charge in [0.2, 0.25) is 5.91 Å². The fraction of sp³-hybridized carbons (Fsp3) is 0.250. The van der Waals surface area contributed by atoms with Gasteiger partial charge in [0.15, 0.2) is 0 Å². The molecule has 1 unspecified atom stereocenters. The average molecular weight is 476 g/mol. The Labute approximate surface area is 204 Å². The summed E-state index contributed by atoms with van der Waals surface area (Å²) in [5, 5.41) is 9.23. The number of ether oxygens (including phenoxy) is 1. The maximum Gasteiger partial charge on any atom is 0.335 e. The van der Waals surface area contributed by atoms with Crippen LogP contribution in [-0.2, 0) is 27.5 Å². The van der Waals surface area contributed by atoms with Crippen molar-refractivity contribution >= 4 is 17.8 Å². The molecule has 3 rings (SSSR count). The van der Waals surface area contributed by atoms with Crippen molar-refractivity contribution in [1.29, 1.82) is 0 Å². The van der Waals surface area contributed by atoms with Crippen LogP contribution in [0, 0.1) is 5.92 Å². The first kappa shape index (κ1) is 25.6. The number of amides is 1. The van der Waals surface area contributed by atoms with Crippen molar-refractivity contribution < 1.29 is 29.1 Å². The lowest BCUT2D eigenvalue weighted by atomic mass is 9.94. The second-order valence-corrected chi connectivity index (χ2v) is 8.49. The third-order valence-corrected chi connectivity index (χ3v) is 5.43. The zero-order valence-electron chi connectivity index (χ0n) is 19.8. The molecule has 0 bridgehead atoms. The highest BCUT2D eigenvalue weighted by Gasteiger charge is 2.10. The molecule has 7 heteroatoms. The molecule has 3 aromatic rings. The summed E-state index contributed by atoms with van der Waals surface area (Å²) in [6, 6.07) is 21.8. The fourth-order valence-electron chi connectivity index (χ4n) is 3.66. The molecule has 7 nitrogen and oxygen atoms in total. The highest BCUT2D eigenvalue weighted by molar-refractivity contribution is 5.89. The molecule has 0 spiro atoms. The van der Waals surface area contributed by atoms with E-state index < -0.39 is 5.97 Å². The normalized spacial score (nSPS) is 11.5. The van der Waals surface area contributed by atoms with Gasteiger partial charge in [0.05, 0.1) is 12.2 Å². The van der Waals surface area contributed by atoms with Crippen LogP contribution in [0.25, 0.3) is 11.1 Å². The van der Waals surface area contributed by atoms with Crippen molar-refractivity contribution in [3.63, 3.8) is 0 Å². The van der Waals surface area contributed by atoms with Crippen LogP contribution in [-0.4, -0.2) is 23.0 Å². The van der Waals surface area contributed by atoms with Crippen LogP contribution < -0.4 is 10.2 Å². The van der Waals surface area contributed by atoms with Gasteiger partial charge in [-0.1, -0.05) is 55.5 Å². The molecule has 0 saturated carbocycles. The molecule has 0 aliphatic rings. The van der Waals surface area contributed by atoms with Crippen molar-refractivity contribution in [2.45, 2.75) is 39.7 Å². The molecule has 1 amide bonds. The Bertz CT molecular complexity index is 1170. The number of rotatable bonds is 11. The van der Waals surface area contributed by atoms with Crippen molar-refractivity contribution in [3.8, 4) is 16.9 Å². The molecule has 1 atom stereocenters. The lowest BCUT2D eigenvalue weighted by Crippen LogP contribution is -2.23. The Morgan fingerprint density at radius 2 is 1.60 bits per heavy atom. The molecule has 0 saturated heterocycles. The number of hydrogen-bond acceptors (Lipinski definition) is 5. The van der Waals surface area contributed by atoms with Crippen LogP contribution in [0.15, 0.2) is 72.8 Å². The first-order valence-corrected chi connectivity index (χ1v) is 11.4. The second-order valence-electron chi connectivity index (χ2n) is 8.49. The molecule has 182 valence electrons. The molecular formula is C28H29NO6. The number of esters is 1. The third-order valence-electron chi connectivity index (χ3n) is 5.43. The molecule has 0 fully saturated rings. The van der Waals surface area contributed by atoms with Crippen LogP contribution in [0.5, 0.6) is 5.75 Å². The van der Waals surface area contributed by atoms with Gasteiger partial charge in [-0.15, -0.1) is 0 Å². The van der Waals surface area contributed by atoms with Crippen molar-refractivity contribution in [2.75, 3.05) is 0 Å². The van der Waals surface area contributed by atoms with Gasteiger partial charge in [-0.3, -0.25) is 14.4 Å². The fourth-order valence-corrected chi connectivity index (χ4v) is 3.66. The highest BCUT2D eigenvalue weighted by atomic mass is 16.6. The Hall–Kier alpha value is -3.97. The summed E-state index contributed by atoms with van der Waals surface area (Å²) in [5.41, 5.74) is 6.51. The number of carbonyl (C=O) groups excluding carboxylic acids is 2. The van der Waals surface area contributed by atoms with Gasteiger partial charge >= 0.3 is 11.9 Å². The molecule has 0 aliphatic heterocycles. The van der Waals surface area contributed by atoms with Crippen LogP contribution >= 0.6 is 0 Å². The monoisotopic (exact) mass is 475 g/mol. The van der Waals surface area contributed by atoms with E-state index in [0.717, 1.165) is 28.7 Å². The van der Waals surface area contributed by atoms with Crippen LogP contribution in [0.2, 0.25) is 0 Å². The molecular weight excluding hydrogens is 446 g/mol. The summed E-state index contributed by atoms with van der Waals surface area (Å²) in [7, 11) is 0. The van der Waals surface area contributed by atoms with E-state index in [1.54, 1.807) is 42.5 Å². The van der Waals surface area contributed by atoms with Gasteiger partial charge < -0.3 is 9.84 Å². The van der Waals surface area contributed by atoms with E-state index in [9.17, 15) is 19.5 Å². The van der Waals surface area contributed by atoms with E-state index in [0.29, 0.717) is 18.6 Å². The predicted octanol–water partition coefficient (Wildman–Crippen LogP) is 5.18. The number of carboxylic acid groups (broad SMARTS) is 1. The van der Waals surface area contributed by atoms with Gasteiger partial charge in [0.25, 0.3) is 0 Å². The van der Waals surface area contributed by atoms with Crippen molar-refractivity contribution in [3.05, 3.63) is 89.5 Å². The Morgan fingerprint density at radius 3 is 2.29 bits per heavy atom. The summed E-state index contributed by atoms with van der Waals surface area (Å²) >= 11 is 0. The molecule has 3 aromatic carbocycles. The van der Waals surface area contributed by atoms with E-state index in [1.807, 2.05) is 24.3 Å². The maximum absolute atomic E-state index is 12.2. The number of carboxylic acids is 1. The lowest BCUT2D eigenvalue weighted by Gasteiger charge is -2.13. The van der Waals surface area contributed by atoms with Crippen molar-refractivity contribution in [2.24, 2.45) is 5.92 Å². The Kier molecular flexibility index (Phi) is 9.15. The molecule has 0 heterocycles. The van der Waals surface area contributed by atoms with E-state index in [2.05, 4.69) is 18.5 Å². The zero-order chi connectivity index (χ0) is 25.2. The minimum absolute atomic E-state index is 0.187. The van der Waals surface area contributed by atoms with Crippen LogP contribution in [0.3, 0.4) is 0 Å². The summed E-state index contributed by atoms with van der Waals surface area (Å²) in [6.07, 6.45) is 1.84. The topological polar surface area (TPSA) is 102 Å². The van der Waals surface area contributed by atoms with Gasteiger partial charge in [-0.25, -0.2) is 10.3 Å². The molecule has 35 heavy (non-hydrogen) atoms. The molecule has 0 radical (unpaired) electrons. The molecule has 0 aromatic heterocycles. The Balaban J connectivity index is 1.43. The standard InChI is InChI=1S/C28H29NO6/c1-19(9-14-27(31)29-34-18-21-10-12-26(13-11-21)35-20(2)30)15-22-5-3-6-23(16-22)24-7-4-8-25(17-24)28(32)33/h3-8,10-13,16-17,19H,9,14-15,18H2,1-2H3,(H,29,31)(H,32,33). The third kappa shape index (κ3) is 8.39. The van der Waals surface area contributed by atoms with Gasteiger partial charge in [-0.05, 0) is 65.3 Å². The number of aromatic carboxylic acids is 1. The summed E-state index contributed by atoms with van der Waals surface area (Å²) in [4.78, 5) is 39.6. The van der Waals surface area contributed by atoms with Gasteiger partial charge in [-0.2, -0.15) is 0 Å². The number of hydrogen-bond donors (Lipinski definition) is 2. The number of benzene rings is 3. The largest absolute Gasteiger partial charge is 0.478 e. The SMILES string of the molecule is CC(=O)Oc1ccc(CONC(=O)CCC(C)Cc2cccc(-c3cccc(C(=O)O)c3)c2)cc1. The second kappa shape index (κ2) is 12.5. The van der Waals surface area contributed by atoms with E-state index >= 15 is 0 Å². The van der Waals surface area contributed by atoms with Crippen LogP contribution in [0.4, 0.5) is 0 Å². The first-order chi connectivity index (χ1) is 16.8. The smallest absolute Gasteiger partial charge is 0.335 e. The predicted molar refractivity (Wildman–Crippen MR) is 132 cm³/mol. The lowest BCUT2D eigenvalue weighted by molar-refractivity contribution is -0.135. The first-order valence-electron chi connectivity index (χ1n) is 11.4. The van der Waals surface area contributed by atoms with Gasteiger partial charge in [0, 0.05) is 13.3 Å². The summed E-state index contributed by atoms with van der Waals surface area (Å²) in [6.45, 7) is 3.64. The minimum Gasteiger partial charge on any atom is -0.478 e. The quantitative estimate of drug-likeness (QED) is 0.225. The molecule has 0 aliphatic carbocycles. The Morgan fingerprint density at radius 1 is 0.914 bits per heavy atom. The maximum atomic E-state index is 12.2. The average Bonchev–Trinajstić information content (AvgIpc) is 2.84. The number of hydroxylamine groups is 1. The van der Waals surface area contributed by atoms with Crippen LogP contribution in [0.1, 0.15) is 48.2 Å². The number of carbonyl (C=O) groups is 3. The number of nitrogens with one attached hydrogen (secondary N) is 1. The van der Waals surface area contributed by atoms with E-state index in [4.69, 9.17) is 9.57 Å². The summed E-state index contributed by atoms with van der Waals surface area (Å²) in [5.74, 6) is -0.786. The highest BCUT2D eigenvalue weighted by Crippen LogP contribution is 2.24. The molecule has 2 N–H and O–H groups in total. The van der Waals surface area contributed by atoms with Gasteiger partial charge in [0.1, 0.15) is 5.75 Å². The van der Waals surface area contributed by atoms with E-state index in [-0.39, 0.29) is 30.0 Å². The van der Waals surface area contributed by atoms with E-state index in [1.165, 1.54) is 6.92 Å². The summed E-state index contributed by atoms with van der Waals surface area (Å²) < 4.78 is 4.98.